The van der Waals surface area contributed by atoms with Gasteiger partial charge in [-0.3, -0.25) is 9.78 Å². The number of rotatable bonds is 3. The van der Waals surface area contributed by atoms with Gasteiger partial charge in [0.1, 0.15) is 0 Å². The molecule has 112 valence electrons. The van der Waals surface area contributed by atoms with Crippen LogP contribution in [0.2, 0.25) is 0 Å². The third-order valence-electron chi connectivity index (χ3n) is 3.61. The van der Waals surface area contributed by atoms with Gasteiger partial charge in [0.15, 0.2) is 5.76 Å². The summed E-state index contributed by atoms with van der Waals surface area (Å²) in [6.07, 6.45) is 1.50. The van der Waals surface area contributed by atoms with Gasteiger partial charge in [-0.25, -0.2) is 4.98 Å². The maximum Gasteiger partial charge on any atom is 0.255 e. The van der Waals surface area contributed by atoms with Gasteiger partial charge in [0.2, 0.25) is 5.95 Å². The lowest BCUT2D eigenvalue weighted by Gasteiger charge is -2.17. The van der Waals surface area contributed by atoms with Gasteiger partial charge in [0.25, 0.3) is 5.56 Å². The Bertz CT molecular complexity index is 691. The van der Waals surface area contributed by atoms with E-state index in [0.717, 1.165) is 48.6 Å². The highest BCUT2D eigenvalue weighted by atomic mass is 16.5. The first-order chi connectivity index (χ1) is 10.1. The second-order valence-electron chi connectivity index (χ2n) is 5.36. The number of fused-ring (bicyclic) bond motifs is 1. The molecule has 0 amide bonds. The van der Waals surface area contributed by atoms with Crippen molar-refractivity contribution in [3.63, 3.8) is 0 Å². The standard InChI is InChI=1S/C14H19N5O2/c1-9-7-10(21-18-9)8-19(2)14-16-12-4-6-15-5-3-11(12)13(20)17-14/h7,15H,3-6,8H2,1-2H3,(H,16,17,20). The molecule has 0 atom stereocenters. The molecule has 0 radical (unpaired) electrons. The van der Waals surface area contributed by atoms with E-state index < -0.39 is 0 Å². The number of aromatic nitrogens is 3. The average molecular weight is 289 g/mol. The Morgan fingerprint density at radius 1 is 1.38 bits per heavy atom. The normalized spacial score (nSPS) is 14.6. The van der Waals surface area contributed by atoms with Gasteiger partial charge in [0.05, 0.1) is 17.9 Å². The minimum absolute atomic E-state index is 0.0423. The Morgan fingerprint density at radius 2 is 2.19 bits per heavy atom. The summed E-state index contributed by atoms with van der Waals surface area (Å²) in [5.74, 6) is 1.31. The molecule has 0 aliphatic carbocycles. The molecule has 3 rings (SSSR count). The Labute approximate surface area is 122 Å². The van der Waals surface area contributed by atoms with Crippen LogP contribution in [0, 0.1) is 6.92 Å². The molecule has 0 bridgehead atoms. The lowest BCUT2D eigenvalue weighted by atomic mass is 10.1. The summed E-state index contributed by atoms with van der Waals surface area (Å²) in [7, 11) is 1.87. The van der Waals surface area contributed by atoms with Crippen LogP contribution in [-0.4, -0.2) is 35.3 Å². The number of nitrogens with one attached hydrogen (secondary N) is 2. The van der Waals surface area contributed by atoms with E-state index in [4.69, 9.17) is 4.52 Å². The maximum absolute atomic E-state index is 12.2. The monoisotopic (exact) mass is 289 g/mol. The molecule has 2 aromatic heterocycles. The molecule has 7 nitrogen and oxygen atoms in total. The second kappa shape index (κ2) is 5.69. The minimum atomic E-state index is -0.0423. The van der Waals surface area contributed by atoms with Gasteiger partial charge >= 0.3 is 0 Å². The van der Waals surface area contributed by atoms with Gasteiger partial charge in [-0.05, 0) is 19.9 Å². The van der Waals surface area contributed by atoms with Crippen molar-refractivity contribution in [3.05, 3.63) is 39.1 Å². The highest BCUT2D eigenvalue weighted by Gasteiger charge is 2.16. The number of H-pyrrole nitrogens is 1. The van der Waals surface area contributed by atoms with Crippen molar-refractivity contribution in [1.82, 2.24) is 20.4 Å². The number of aryl methyl sites for hydroxylation is 1. The predicted molar refractivity (Wildman–Crippen MR) is 78.5 cm³/mol. The molecular weight excluding hydrogens is 270 g/mol. The predicted octanol–water partition coefficient (Wildman–Crippen LogP) is 0.391. The largest absolute Gasteiger partial charge is 0.359 e. The van der Waals surface area contributed by atoms with E-state index in [9.17, 15) is 4.79 Å². The molecular formula is C14H19N5O2. The van der Waals surface area contributed by atoms with Gasteiger partial charge in [-0.15, -0.1) is 0 Å². The van der Waals surface area contributed by atoms with Crippen LogP contribution in [0.4, 0.5) is 5.95 Å². The third-order valence-corrected chi connectivity index (χ3v) is 3.61. The van der Waals surface area contributed by atoms with Crippen molar-refractivity contribution in [2.75, 3.05) is 25.0 Å². The van der Waals surface area contributed by atoms with Crippen molar-refractivity contribution < 1.29 is 4.52 Å². The third kappa shape index (κ3) is 2.97. The molecule has 0 fully saturated rings. The summed E-state index contributed by atoms with van der Waals surface area (Å²) >= 11 is 0. The number of nitrogens with zero attached hydrogens (tertiary/aromatic N) is 3. The van der Waals surface area contributed by atoms with Crippen LogP contribution in [0.25, 0.3) is 0 Å². The zero-order valence-corrected chi connectivity index (χ0v) is 12.3. The SMILES string of the molecule is Cc1cc(CN(C)c2nc3c(c(=O)[nH]2)CCNCC3)on1. The molecule has 7 heteroatoms. The molecule has 0 saturated carbocycles. The summed E-state index contributed by atoms with van der Waals surface area (Å²) in [5.41, 5.74) is 2.49. The van der Waals surface area contributed by atoms with E-state index in [2.05, 4.69) is 20.4 Å². The number of anilines is 1. The van der Waals surface area contributed by atoms with Crippen LogP contribution >= 0.6 is 0 Å². The molecule has 0 spiro atoms. The van der Waals surface area contributed by atoms with Crippen LogP contribution in [-0.2, 0) is 19.4 Å². The average Bonchev–Trinajstić information content (AvgIpc) is 2.72. The highest BCUT2D eigenvalue weighted by molar-refractivity contribution is 5.33. The molecule has 21 heavy (non-hydrogen) atoms. The van der Waals surface area contributed by atoms with Crippen molar-refractivity contribution >= 4 is 5.95 Å². The highest BCUT2D eigenvalue weighted by Crippen LogP contribution is 2.13. The Hall–Kier alpha value is -2.15. The quantitative estimate of drug-likeness (QED) is 0.850. The molecule has 0 saturated heterocycles. The van der Waals surface area contributed by atoms with Gasteiger partial charge < -0.3 is 14.7 Å². The van der Waals surface area contributed by atoms with Crippen molar-refractivity contribution in [2.45, 2.75) is 26.3 Å². The summed E-state index contributed by atoms with van der Waals surface area (Å²) in [6.45, 7) is 4.07. The minimum Gasteiger partial charge on any atom is -0.359 e. The van der Waals surface area contributed by atoms with Crippen LogP contribution in [0.5, 0.6) is 0 Å². The number of hydrogen-bond acceptors (Lipinski definition) is 6. The van der Waals surface area contributed by atoms with Crippen molar-refractivity contribution in [3.8, 4) is 0 Å². The Morgan fingerprint density at radius 3 is 2.95 bits per heavy atom. The first kappa shape index (κ1) is 13.8. The van der Waals surface area contributed by atoms with Crippen LogP contribution < -0.4 is 15.8 Å². The van der Waals surface area contributed by atoms with Crippen LogP contribution in [0.1, 0.15) is 22.7 Å². The smallest absolute Gasteiger partial charge is 0.255 e. The Balaban J connectivity index is 1.86. The van der Waals surface area contributed by atoms with Gasteiger partial charge in [0, 0.05) is 31.6 Å². The fourth-order valence-electron chi connectivity index (χ4n) is 2.52. The van der Waals surface area contributed by atoms with Crippen molar-refractivity contribution in [1.29, 1.82) is 0 Å². The summed E-state index contributed by atoms with van der Waals surface area (Å²) in [5, 5.41) is 7.14. The first-order valence-electron chi connectivity index (χ1n) is 7.09. The fourth-order valence-corrected chi connectivity index (χ4v) is 2.52. The fraction of sp³-hybridized carbons (Fsp3) is 0.500. The van der Waals surface area contributed by atoms with E-state index in [1.165, 1.54) is 0 Å². The van der Waals surface area contributed by atoms with E-state index in [-0.39, 0.29) is 5.56 Å². The molecule has 2 aromatic rings. The van der Waals surface area contributed by atoms with Gasteiger partial charge in [-0.1, -0.05) is 5.16 Å². The zero-order chi connectivity index (χ0) is 14.8. The zero-order valence-electron chi connectivity index (χ0n) is 12.3. The van der Waals surface area contributed by atoms with E-state index in [0.29, 0.717) is 12.5 Å². The molecule has 2 N–H and O–H groups in total. The van der Waals surface area contributed by atoms with Crippen molar-refractivity contribution in [2.24, 2.45) is 0 Å². The van der Waals surface area contributed by atoms with Gasteiger partial charge in [-0.2, -0.15) is 0 Å². The van der Waals surface area contributed by atoms with E-state index in [1.54, 1.807) is 0 Å². The van der Waals surface area contributed by atoms with Crippen LogP contribution in [0.15, 0.2) is 15.4 Å². The van der Waals surface area contributed by atoms with E-state index >= 15 is 0 Å². The maximum atomic E-state index is 12.2. The molecule has 1 aliphatic heterocycles. The topological polar surface area (TPSA) is 87.0 Å². The second-order valence-corrected chi connectivity index (χ2v) is 5.36. The number of aromatic amines is 1. The molecule has 1 aliphatic rings. The number of hydrogen-bond donors (Lipinski definition) is 2. The lowest BCUT2D eigenvalue weighted by Crippen LogP contribution is -2.26. The lowest BCUT2D eigenvalue weighted by molar-refractivity contribution is 0.378. The Kier molecular flexibility index (Phi) is 3.74. The summed E-state index contributed by atoms with van der Waals surface area (Å²) in [4.78, 5) is 21.5. The molecule has 3 heterocycles. The first-order valence-corrected chi connectivity index (χ1v) is 7.09. The molecule has 0 aromatic carbocycles. The summed E-state index contributed by atoms with van der Waals surface area (Å²) in [6, 6.07) is 1.88. The van der Waals surface area contributed by atoms with Crippen LogP contribution in [0.3, 0.4) is 0 Å². The van der Waals surface area contributed by atoms with E-state index in [1.807, 2.05) is 24.9 Å². The molecule has 0 unspecified atom stereocenters. The summed E-state index contributed by atoms with van der Waals surface area (Å²) < 4.78 is 5.20.